The number of hydrogen-bond donors (Lipinski definition) is 1. The summed E-state index contributed by atoms with van der Waals surface area (Å²) in [6.45, 7) is 0.431. The van der Waals surface area contributed by atoms with Crippen LogP contribution in [0.4, 0.5) is 5.69 Å². The third kappa shape index (κ3) is 2.74. The number of rotatable bonds is 4. The first-order chi connectivity index (χ1) is 8.60. The summed E-state index contributed by atoms with van der Waals surface area (Å²) < 4.78 is 2.33. The molecule has 1 heterocycles. The minimum Gasteiger partial charge on any atom is -0.392 e. The molecule has 1 aromatic heterocycles. The molecular weight excluding hydrogens is 302 g/mol. The number of nitrogens with zero attached hydrogens (tertiary/aromatic N) is 3. The van der Waals surface area contributed by atoms with Gasteiger partial charge in [-0.3, -0.25) is 14.8 Å². The number of benzene rings is 1. The van der Waals surface area contributed by atoms with Gasteiger partial charge in [-0.05, 0) is 11.6 Å². The predicted molar refractivity (Wildman–Crippen MR) is 68.0 cm³/mol. The minimum atomic E-state index is -0.438. The first kappa shape index (κ1) is 12.7. The van der Waals surface area contributed by atoms with Crippen LogP contribution < -0.4 is 0 Å². The normalized spacial score (nSPS) is 10.6. The van der Waals surface area contributed by atoms with Crippen molar-refractivity contribution in [2.75, 3.05) is 0 Å². The smallest absolute Gasteiger partial charge is 0.270 e. The lowest BCUT2D eigenvalue weighted by molar-refractivity contribution is -0.384. The highest BCUT2D eigenvalue weighted by molar-refractivity contribution is 9.10. The van der Waals surface area contributed by atoms with E-state index in [1.165, 1.54) is 12.1 Å². The Kier molecular flexibility index (Phi) is 3.73. The van der Waals surface area contributed by atoms with Crippen molar-refractivity contribution in [3.05, 3.63) is 56.3 Å². The maximum atomic E-state index is 10.6. The number of halogens is 1. The molecule has 1 N–H and O–H groups in total. The van der Waals surface area contributed by atoms with Crippen LogP contribution in [0.3, 0.4) is 0 Å². The summed E-state index contributed by atoms with van der Waals surface area (Å²) in [4.78, 5) is 10.2. The van der Waals surface area contributed by atoms with Crippen LogP contribution in [-0.4, -0.2) is 19.8 Å². The number of nitro groups is 1. The van der Waals surface area contributed by atoms with Crippen molar-refractivity contribution in [3.63, 3.8) is 0 Å². The highest BCUT2D eigenvalue weighted by atomic mass is 79.9. The summed E-state index contributed by atoms with van der Waals surface area (Å²) in [5.41, 5.74) is 1.66. The van der Waals surface area contributed by atoms with Crippen molar-refractivity contribution in [1.29, 1.82) is 0 Å². The highest BCUT2D eigenvalue weighted by Crippen LogP contribution is 2.23. The Morgan fingerprint density at radius 3 is 2.83 bits per heavy atom. The molecule has 0 spiro atoms. The second-order valence-corrected chi connectivity index (χ2v) is 4.59. The zero-order valence-corrected chi connectivity index (χ0v) is 10.9. The maximum absolute atomic E-state index is 10.6. The minimum absolute atomic E-state index is 0.0436. The molecule has 94 valence electrons. The number of hydrogen-bond acceptors (Lipinski definition) is 4. The van der Waals surface area contributed by atoms with E-state index < -0.39 is 4.92 Å². The first-order valence-electron chi connectivity index (χ1n) is 5.15. The van der Waals surface area contributed by atoms with Crippen LogP contribution in [0.15, 0.2) is 35.1 Å². The van der Waals surface area contributed by atoms with Gasteiger partial charge in [-0.2, -0.15) is 5.10 Å². The van der Waals surface area contributed by atoms with Crippen LogP contribution in [0, 0.1) is 10.1 Å². The summed E-state index contributed by atoms with van der Waals surface area (Å²) >= 11 is 3.30. The van der Waals surface area contributed by atoms with Crippen LogP contribution in [0.5, 0.6) is 0 Å². The molecule has 0 bridgehead atoms. The van der Waals surface area contributed by atoms with E-state index in [4.69, 9.17) is 5.11 Å². The van der Waals surface area contributed by atoms with Gasteiger partial charge in [-0.15, -0.1) is 0 Å². The summed E-state index contributed by atoms with van der Waals surface area (Å²) in [6.07, 6.45) is 3.31. The monoisotopic (exact) mass is 311 g/mol. The van der Waals surface area contributed by atoms with Gasteiger partial charge in [0.05, 0.1) is 24.3 Å². The topological polar surface area (TPSA) is 81.2 Å². The lowest BCUT2D eigenvalue weighted by Crippen LogP contribution is -2.01. The molecule has 6 nitrogen and oxygen atoms in total. The van der Waals surface area contributed by atoms with Crippen LogP contribution in [0.1, 0.15) is 11.1 Å². The standard InChI is InChI=1S/C11H10BrN3O3/c12-11-3-10(15(17)18)2-1-9(11)6-14-5-8(7-16)4-13-14/h1-5,16H,6-7H2. The molecule has 0 unspecified atom stereocenters. The van der Waals surface area contributed by atoms with Crippen molar-refractivity contribution in [1.82, 2.24) is 9.78 Å². The van der Waals surface area contributed by atoms with Crippen molar-refractivity contribution in [2.45, 2.75) is 13.2 Å². The zero-order valence-electron chi connectivity index (χ0n) is 9.28. The van der Waals surface area contributed by atoms with E-state index in [0.717, 1.165) is 11.1 Å². The number of nitro benzene ring substituents is 1. The first-order valence-corrected chi connectivity index (χ1v) is 5.94. The van der Waals surface area contributed by atoms with E-state index in [1.807, 2.05) is 0 Å². The number of aliphatic hydroxyl groups excluding tert-OH is 1. The van der Waals surface area contributed by atoms with Crippen LogP contribution in [0.2, 0.25) is 0 Å². The van der Waals surface area contributed by atoms with Crippen molar-refractivity contribution in [3.8, 4) is 0 Å². The van der Waals surface area contributed by atoms with E-state index in [2.05, 4.69) is 21.0 Å². The quantitative estimate of drug-likeness (QED) is 0.692. The largest absolute Gasteiger partial charge is 0.392 e. The van der Waals surface area contributed by atoms with Gasteiger partial charge in [0.2, 0.25) is 0 Å². The fourth-order valence-corrected chi connectivity index (χ4v) is 2.02. The molecule has 1 aromatic carbocycles. The number of non-ortho nitro benzene ring substituents is 1. The molecule has 0 saturated heterocycles. The lowest BCUT2D eigenvalue weighted by atomic mass is 10.2. The van der Waals surface area contributed by atoms with Gasteiger partial charge in [0.15, 0.2) is 0 Å². The zero-order chi connectivity index (χ0) is 13.1. The van der Waals surface area contributed by atoms with Crippen molar-refractivity contribution >= 4 is 21.6 Å². The van der Waals surface area contributed by atoms with Gasteiger partial charge in [-0.1, -0.05) is 15.9 Å². The molecular formula is C11H10BrN3O3. The molecule has 0 saturated carbocycles. The fourth-order valence-electron chi connectivity index (χ4n) is 1.53. The lowest BCUT2D eigenvalue weighted by Gasteiger charge is -2.04. The van der Waals surface area contributed by atoms with Crippen molar-refractivity contribution in [2.24, 2.45) is 0 Å². The van der Waals surface area contributed by atoms with Crippen LogP contribution in [-0.2, 0) is 13.2 Å². The molecule has 18 heavy (non-hydrogen) atoms. The molecule has 0 aliphatic carbocycles. The maximum Gasteiger partial charge on any atom is 0.270 e. The molecule has 0 atom stereocenters. The summed E-state index contributed by atoms with van der Waals surface area (Å²) in [7, 11) is 0. The average molecular weight is 312 g/mol. The molecule has 0 amide bonds. The predicted octanol–water partition coefficient (Wildman–Crippen LogP) is 2.09. The Hall–Kier alpha value is -1.73. The van der Waals surface area contributed by atoms with E-state index in [0.29, 0.717) is 11.0 Å². The van der Waals surface area contributed by atoms with Gasteiger partial charge < -0.3 is 5.11 Å². The third-order valence-electron chi connectivity index (χ3n) is 2.45. The summed E-state index contributed by atoms with van der Waals surface area (Å²) in [5.74, 6) is 0. The molecule has 7 heteroatoms. The summed E-state index contributed by atoms with van der Waals surface area (Å²) in [5, 5.41) is 23.6. The number of aromatic nitrogens is 2. The Labute approximate surface area is 111 Å². The van der Waals surface area contributed by atoms with E-state index >= 15 is 0 Å². The molecule has 0 aliphatic heterocycles. The van der Waals surface area contributed by atoms with E-state index in [-0.39, 0.29) is 12.3 Å². The Morgan fingerprint density at radius 2 is 2.28 bits per heavy atom. The second-order valence-electron chi connectivity index (χ2n) is 3.74. The molecule has 0 radical (unpaired) electrons. The van der Waals surface area contributed by atoms with Gasteiger partial charge in [0, 0.05) is 28.4 Å². The van der Waals surface area contributed by atoms with E-state index in [1.54, 1.807) is 23.1 Å². The molecule has 2 aromatic rings. The van der Waals surface area contributed by atoms with Crippen LogP contribution in [0.25, 0.3) is 0 Å². The van der Waals surface area contributed by atoms with Gasteiger partial charge in [0.1, 0.15) is 0 Å². The second kappa shape index (κ2) is 5.28. The number of aliphatic hydroxyl groups is 1. The van der Waals surface area contributed by atoms with Crippen LogP contribution >= 0.6 is 15.9 Å². The molecule has 0 fully saturated rings. The van der Waals surface area contributed by atoms with Gasteiger partial charge in [-0.25, -0.2) is 0 Å². The SMILES string of the molecule is O=[N+]([O-])c1ccc(Cn2cc(CO)cn2)c(Br)c1. The fraction of sp³-hybridized carbons (Fsp3) is 0.182. The average Bonchev–Trinajstić information content (AvgIpc) is 2.79. The highest BCUT2D eigenvalue weighted by Gasteiger charge is 2.09. The van der Waals surface area contributed by atoms with Gasteiger partial charge >= 0.3 is 0 Å². The third-order valence-corrected chi connectivity index (χ3v) is 3.19. The Bertz CT molecular complexity index is 583. The molecule has 2 rings (SSSR count). The van der Waals surface area contributed by atoms with E-state index in [9.17, 15) is 10.1 Å². The van der Waals surface area contributed by atoms with Crippen molar-refractivity contribution < 1.29 is 10.0 Å². The summed E-state index contributed by atoms with van der Waals surface area (Å²) in [6, 6.07) is 4.60. The molecule has 0 aliphatic rings. The Balaban J connectivity index is 2.21. The van der Waals surface area contributed by atoms with Gasteiger partial charge in [0.25, 0.3) is 5.69 Å². The Morgan fingerprint density at radius 1 is 1.50 bits per heavy atom.